The standard InChI is InChI=1S/C14H19NO2/c1-10-4-7-13(17-10)8-9-14(16)15(3)11(2)12-5-6-12/h4,7-9,11-12H,5-6H2,1-3H3/b9-8+. The van der Waals surface area contributed by atoms with Gasteiger partial charge in [-0.05, 0) is 50.8 Å². The van der Waals surface area contributed by atoms with Crippen LogP contribution in [0.5, 0.6) is 0 Å². The lowest BCUT2D eigenvalue weighted by molar-refractivity contribution is -0.126. The molecule has 1 fully saturated rings. The molecule has 1 aromatic rings. The van der Waals surface area contributed by atoms with Crippen molar-refractivity contribution in [3.63, 3.8) is 0 Å². The number of aryl methyl sites for hydroxylation is 1. The Kier molecular flexibility index (Phi) is 3.36. The zero-order valence-corrected chi connectivity index (χ0v) is 10.6. The number of furan rings is 1. The number of likely N-dealkylation sites (N-methyl/N-ethyl adjacent to an activating group) is 1. The van der Waals surface area contributed by atoms with Crippen LogP contribution in [0.25, 0.3) is 6.08 Å². The van der Waals surface area contributed by atoms with Gasteiger partial charge in [0, 0.05) is 19.2 Å². The monoisotopic (exact) mass is 233 g/mol. The van der Waals surface area contributed by atoms with E-state index in [9.17, 15) is 4.79 Å². The van der Waals surface area contributed by atoms with Crippen LogP contribution in [0.15, 0.2) is 22.6 Å². The molecule has 1 heterocycles. The number of carbonyl (C=O) groups excluding carboxylic acids is 1. The van der Waals surface area contributed by atoms with Crippen molar-refractivity contribution in [1.82, 2.24) is 4.90 Å². The van der Waals surface area contributed by atoms with E-state index in [1.54, 1.807) is 12.2 Å². The summed E-state index contributed by atoms with van der Waals surface area (Å²) in [7, 11) is 1.86. The Bertz CT molecular complexity index is 429. The number of hydrogen-bond acceptors (Lipinski definition) is 2. The zero-order valence-electron chi connectivity index (χ0n) is 10.6. The Labute approximate surface area is 102 Å². The van der Waals surface area contributed by atoms with Crippen molar-refractivity contribution in [2.24, 2.45) is 5.92 Å². The summed E-state index contributed by atoms with van der Waals surface area (Å²) in [5.41, 5.74) is 0. The van der Waals surface area contributed by atoms with E-state index in [0.29, 0.717) is 12.0 Å². The fourth-order valence-electron chi connectivity index (χ4n) is 1.91. The van der Waals surface area contributed by atoms with E-state index in [0.717, 1.165) is 11.5 Å². The second kappa shape index (κ2) is 4.78. The molecule has 3 nitrogen and oxygen atoms in total. The molecule has 0 spiro atoms. The second-order valence-corrected chi connectivity index (χ2v) is 4.81. The molecule has 1 atom stereocenters. The predicted molar refractivity (Wildman–Crippen MR) is 67.4 cm³/mol. The summed E-state index contributed by atoms with van der Waals surface area (Å²) in [6, 6.07) is 4.09. The Hall–Kier alpha value is -1.51. The van der Waals surface area contributed by atoms with Crippen LogP contribution < -0.4 is 0 Å². The summed E-state index contributed by atoms with van der Waals surface area (Å²) >= 11 is 0. The van der Waals surface area contributed by atoms with Gasteiger partial charge in [0.25, 0.3) is 0 Å². The van der Waals surface area contributed by atoms with Crippen molar-refractivity contribution >= 4 is 12.0 Å². The fourth-order valence-corrected chi connectivity index (χ4v) is 1.91. The molecule has 1 saturated carbocycles. The molecule has 1 aliphatic rings. The predicted octanol–water partition coefficient (Wildman–Crippen LogP) is 2.86. The molecule has 17 heavy (non-hydrogen) atoms. The van der Waals surface area contributed by atoms with E-state index in [4.69, 9.17) is 4.42 Å². The third-order valence-corrected chi connectivity index (χ3v) is 3.41. The van der Waals surface area contributed by atoms with Crippen LogP contribution in [-0.2, 0) is 4.79 Å². The second-order valence-electron chi connectivity index (χ2n) is 4.81. The van der Waals surface area contributed by atoms with Gasteiger partial charge in [0.2, 0.25) is 5.91 Å². The van der Waals surface area contributed by atoms with Gasteiger partial charge in [0.05, 0.1) is 0 Å². The molecule has 0 aliphatic heterocycles. The molecule has 1 aromatic heterocycles. The SMILES string of the molecule is Cc1ccc(/C=C/C(=O)N(C)C(C)C2CC2)o1. The van der Waals surface area contributed by atoms with Crippen LogP contribution in [-0.4, -0.2) is 23.9 Å². The van der Waals surface area contributed by atoms with Crippen molar-refractivity contribution in [2.45, 2.75) is 32.7 Å². The summed E-state index contributed by atoms with van der Waals surface area (Å²) in [6.07, 6.45) is 5.81. The summed E-state index contributed by atoms with van der Waals surface area (Å²) < 4.78 is 5.38. The molecule has 0 bridgehead atoms. The highest BCUT2D eigenvalue weighted by molar-refractivity contribution is 5.91. The lowest BCUT2D eigenvalue weighted by Gasteiger charge is -2.23. The smallest absolute Gasteiger partial charge is 0.246 e. The summed E-state index contributed by atoms with van der Waals surface area (Å²) in [5, 5.41) is 0. The van der Waals surface area contributed by atoms with Gasteiger partial charge in [-0.2, -0.15) is 0 Å². The van der Waals surface area contributed by atoms with Crippen molar-refractivity contribution in [1.29, 1.82) is 0 Å². The van der Waals surface area contributed by atoms with Crippen molar-refractivity contribution in [3.05, 3.63) is 29.7 Å². The molecule has 0 N–H and O–H groups in total. The summed E-state index contributed by atoms with van der Waals surface area (Å²) in [4.78, 5) is 13.7. The van der Waals surface area contributed by atoms with E-state index < -0.39 is 0 Å². The molecule has 92 valence electrons. The summed E-state index contributed by atoms with van der Waals surface area (Å²) in [6.45, 7) is 4.00. The number of nitrogens with zero attached hydrogens (tertiary/aromatic N) is 1. The van der Waals surface area contributed by atoms with Gasteiger partial charge in [-0.25, -0.2) is 0 Å². The van der Waals surface area contributed by atoms with Gasteiger partial charge >= 0.3 is 0 Å². The maximum absolute atomic E-state index is 11.9. The highest BCUT2D eigenvalue weighted by Gasteiger charge is 2.31. The maximum Gasteiger partial charge on any atom is 0.246 e. The van der Waals surface area contributed by atoms with Gasteiger partial charge in [0.1, 0.15) is 11.5 Å². The highest BCUT2D eigenvalue weighted by Crippen LogP contribution is 2.34. The van der Waals surface area contributed by atoms with Gasteiger partial charge in [-0.1, -0.05) is 0 Å². The molecular formula is C14H19NO2. The minimum absolute atomic E-state index is 0.0402. The van der Waals surface area contributed by atoms with Gasteiger partial charge in [-0.15, -0.1) is 0 Å². The lowest BCUT2D eigenvalue weighted by atomic mass is 10.2. The van der Waals surface area contributed by atoms with Crippen LogP contribution in [0.2, 0.25) is 0 Å². The molecule has 1 aliphatic carbocycles. The molecule has 3 heteroatoms. The lowest BCUT2D eigenvalue weighted by Crippen LogP contribution is -2.35. The Balaban J connectivity index is 1.93. The Morgan fingerprint density at radius 1 is 1.53 bits per heavy atom. The van der Waals surface area contributed by atoms with Crippen LogP contribution >= 0.6 is 0 Å². The maximum atomic E-state index is 11.9. The third-order valence-electron chi connectivity index (χ3n) is 3.41. The largest absolute Gasteiger partial charge is 0.462 e. The number of rotatable bonds is 4. The van der Waals surface area contributed by atoms with Gasteiger partial charge in [-0.3, -0.25) is 4.79 Å². The Morgan fingerprint density at radius 2 is 2.24 bits per heavy atom. The van der Waals surface area contributed by atoms with E-state index in [1.165, 1.54) is 12.8 Å². The zero-order chi connectivity index (χ0) is 12.4. The van der Waals surface area contributed by atoms with Crippen LogP contribution in [0.1, 0.15) is 31.3 Å². The molecule has 1 amide bonds. The molecule has 0 saturated heterocycles. The topological polar surface area (TPSA) is 33.5 Å². The van der Waals surface area contributed by atoms with Gasteiger partial charge < -0.3 is 9.32 Å². The van der Waals surface area contributed by atoms with Crippen LogP contribution in [0.3, 0.4) is 0 Å². The molecule has 0 radical (unpaired) electrons. The Morgan fingerprint density at radius 3 is 2.76 bits per heavy atom. The minimum atomic E-state index is 0.0402. The first-order valence-corrected chi connectivity index (χ1v) is 6.09. The van der Waals surface area contributed by atoms with E-state index >= 15 is 0 Å². The third kappa shape index (κ3) is 2.99. The quantitative estimate of drug-likeness (QED) is 0.749. The van der Waals surface area contributed by atoms with Gasteiger partial charge in [0.15, 0.2) is 0 Å². The van der Waals surface area contributed by atoms with Crippen LogP contribution in [0, 0.1) is 12.8 Å². The van der Waals surface area contributed by atoms with Crippen molar-refractivity contribution in [3.8, 4) is 0 Å². The molecule has 1 unspecified atom stereocenters. The fraction of sp³-hybridized carbons (Fsp3) is 0.500. The number of amides is 1. The first-order valence-electron chi connectivity index (χ1n) is 6.09. The number of carbonyl (C=O) groups is 1. The first kappa shape index (κ1) is 12.0. The van der Waals surface area contributed by atoms with E-state index in [1.807, 2.05) is 31.0 Å². The molecule has 0 aromatic carbocycles. The van der Waals surface area contributed by atoms with Crippen LogP contribution in [0.4, 0.5) is 0 Å². The summed E-state index contributed by atoms with van der Waals surface area (Å²) in [5.74, 6) is 2.32. The average molecular weight is 233 g/mol. The molecule has 2 rings (SSSR count). The first-order chi connectivity index (χ1) is 8.08. The minimum Gasteiger partial charge on any atom is -0.462 e. The highest BCUT2D eigenvalue weighted by atomic mass is 16.3. The van der Waals surface area contributed by atoms with E-state index in [2.05, 4.69) is 6.92 Å². The normalized spacial score (nSPS) is 17.4. The van der Waals surface area contributed by atoms with Crippen molar-refractivity contribution < 1.29 is 9.21 Å². The number of hydrogen-bond donors (Lipinski definition) is 0. The van der Waals surface area contributed by atoms with E-state index in [-0.39, 0.29) is 5.91 Å². The molecular weight excluding hydrogens is 214 g/mol. The average Bonchev–Trinajstić information content (AvgIpc) is 3.08. The van der Waals surface area contributed by atoms with Crippen molar-refractivity contribution in [2.75, 3.05) is 7.05 Å².